The Hall–Kier alpha value is -0.570. The predicted molar refractivity (Wildman–Crippen MR) is 72.0 cm³/mol. The van der Waals surface area contributed by atoms with Crippen LogP contribution < -0.4 is 5.73 Å². The van der Waals surface area contributed by atoms with Crippen molar-refractivity contribution in [2.45, 2.75) is 69.9 Å². The van der Waals surface area contributed by atoms with Crippen molar-refractivity contribution in [3.05, 3.63) is 0 Å². The summed E-state index contributed by atoms with van der Waals surface area (Å²) in [5, 5.41) is 0. The molecule has 2 atom stereocenters. The second-order valence-electron chi connectivity index (χ2n) is 6.55. The molecule has 3 fully saturated rings. The average molecular weight is 250 g/mol. The normalized spacial score (nSPS) is 30.9. The largest absolute Gasteiger partial charge is 0.339 e. The highest BCUT2D eigenvalue weighted by Gasteiger charge is 2.37. The van der Waals surface area contributed by atoms with E-state index in [9.17, 15) is 4.79 Å². The van der Waals surface area contributed by atoms with Crippen LogP contribution in [0.3, 0.4) is 0 Å². The van der Waals surface area contributed by atoms with Crippen LogP contribution in [-0.2, 0) is 4.79 Å². The summed E-state index contributed by atoms with van der Waals surface area (Å²) >= 11 is 0. The molecule has 0 aromatic rings. The van der Waals surface area contributed by atoms with Gasteiger partial charge >= 0.3 is 0 Å². The number of likely N-dealkylation sites (tertiary alicyclic amines) is 1. The molecule has 0 radical (unpaired) electrons. The molecule has 2 unspecified atom stereocenters. The fraction of sp³-hybridized carbons (Fsp3) is 0.933. The quantitative estimate of drug-likeness (QED) is 0.832. The lowest BCUT2D eigenvalue weighted by Gasteiger charge is -2.30. The van der Waals surface area contributed by atoms with Gasteiger partial charge in [0, 0.05) is 25.0 Å². The first-order chi connectivity index (χ1) is 8.75. The van der Waals surface area contributed by atoms with Gasteiger partial charge in [-0.1, -0.05) is 12.8 Å². The minimum absolute atomic E-state index is 0.127. The Morgan fingerprint density at radius 3 is 2.50 bits per heavy atom. The minimum atomic E-state index is 0.127. The van der Waals surface area contributed by atoms with Crippen molar-refractivity contribution in [2.75, 3.05) is 6.54 Å². The maximum Gasteiger partial charge on any atom is 0.224 e. The van der Waals surface area contributed by atoms with E-state index in [1.54, 1.807) is 0 Å². The summed E-state index contributed by atoms with van der Waals surface area (Å²) in [6.45, 7) is 0.984. The molecule has 1 heterocycles. The van der Waals surface area contributed by atoms with Gasteiger partial charge in [-0.2, -0.15) is 0 Å². The molecule has 0 bridgehead atoms. The Labute approximate surface area is 110 Å². The van der Waals surface area contributed by atoms with Crippen LogP contribution in [0, 0.1) is 11.8 Å². The Morgan fingerprint density at radius 1 is 1.11 bits per heavy atom. The molecule has 2 aliphatic carbocycles. The second kappa shape index (κ2) is 5.20. The van der Waals surface area contributed by atoms with Crippen LogP contribution >= 0.6 is 0 Å². The van der Waals surface area contributed by atoms with Crippen LogP contribution in [0.15, 0.2) is 0 Å². The minimum Gasteiger partial charge on any atom is -0.339 e. The number of rotatable bonds is 4. The molecule has 3 rings (SSSR count). The van der Waals surface area contributed by atoms with Crippen molar-refractivity contribution in [1.29, 1.82) is 0 Å². The maximum atomic E-state index is 12.4. The molecule has 18 heavy (non-hydrogen) atoms. The molecule has 2 N–H and O–H groups in total. The van der Waals surface area contributed by atoms with Gasteiger partial charge in [-0.3, -0.25) is 4.79 Å². The van der Waals surface area contributed by atoms with Crippen LogP contribution in [0.5, 0.6) is 0 Å². The highest BCUT2D eigenvalue weighted by Crippen LogP contribution is 2.37. The van der Waals surface area contributed by atoms with E-state index in [1.807, 2.05) is 0 Å². The summed E-state index contributed by atoms with van der Waals surface area (Å²) in [5.41, 5.74) is 6.10. The first-order valence-electron chi connectivity index (χ1n) is 7.81. The smallest absolute Gasteiger partial charge is 0.224 e. The average Bonchev–Trinajstić information content (AvgIpc) is 2.90. The third-order valence-electron chi connectivity index (χ3n) is 5.20. The van der Waals surface area contributed by atoms with Gasteiger partial charge in [-0.05, 0) is 50.4 Å². The van der Waals surface area contributed by atoms with Gasteiger partial charge in [0.05, 0.1) is 0 Å². The topological polar surface area (TPSA) is 46.3 Å². The van der Waals surface area contributed by atoms with Crippen LogP contribution in [-0.4, -0.2) is 29.4 Å². The number of nitrogens with zero attached hydrogens (tertiary/aromatic N) is 1. The van der Waals surface area contributed by atoms with Gasteiger partial charge in [0.1, 0.15) is 0 Å². The lowest BCUT2D eigenvalue weighted by Crippen LogP contribution is -2.42. The van der Waals surface area contributed by atoms with Gasteiger partial charge in [0.2, 0.25) is 5.91 Å². The van der Waals surface area contributed by atoms with E-state index in [0.717, 1.165) is 12.5 Å². The number of amides is 1. The molecular weight excluding hydrogens is 224 g/mol. The molecule has 1 saturated heterocycles. The van der Waals surface area contributed by atoms with E-state index < -0.39 is 0 Å². The third kappa shape index (κ3) is 2.56. The van der Waals surface area contributed by atoms with E-state index in [0.29, 0.717) is 24.3 Å². The molecule has 3 aliphatic rings. The maximum absolute atomic E-state index is 12.4. The van der Waals surface area contributed by atoms with Crippen LogP contribution in [0.1, 0.15) is 57.8 Å². The van der Waals surface area contributed by atoms with Crippen LogP contribution in [0.25, 0.3) is 0 Å². The summed E-state index contributed by atoms with van der Waals surface area (Å²) in [6, 6.07) is 0.675. The van der Waals surface area contributed by atoms with Gasteiger partial charge in [0.25, 0.3) is 0 Å². The number of nitrogens with two attached hydrogens (primary N) is 1. The lowest BCUT2D eigenvalue weighted by atomic mass is 9.95. The van der Waals surface area contributed by atoms with E-state index >= 15 is 0 Å². The number of carbonyl (C=O) groups is 1. The molecule has 0 aromatic carbocycles. The molecule has 0 aromatic heterocycles. The third-order valence-corrected chi connectivity index (χ3v) is 5.20. The fourth-order valence-corrected chi connectivity index (χ4v) is 3.94. The van der Waals surface area contributed by atoms with Crippen molar-refractivity contribution >= 4 is 5.91 Å². The lowest BCUT2D eigenvalue weighted by molar-refractivity contribution is -0.133. The molecular formula is C15H26N2O. The summed E-state index contributed by atoms with van der Waals surface area (Å²) < 4.78 is 0. The Morgan fingerprint density at radius 2 is 1.83 bits per heavy atom. The Bertz CT molecular complexity index is 308. The first kappa shape index (κ1) is 12.5. The van der Waals surface area contributed by atoms with Gasteiger partial charge in [0.15, 0.2) is 0 Å². The SMILES string of the molecule is NC(CC(=O)N1CCCC1C1CCCC1)C1CC1. The molecule has 1 amide bonds. The van der Waals surface area contributed by atoms with Crippen LogP contribution in [0.4, 0.5) is 0 Å². The molecule has 1 aliphatic heterocycles. The standard InChI is InChI=1S/C15H26N2O/c16-13(11-7-8-11)10-15(18)17-9-3-6-14(17)12-4-1-2-5-12/h11-14H,1-10,16H2. The van der Waals surface area contributed by atoms with E-state index in [-0.39, 0.29) is 6.04 Å². The van der Waals surface area contributed by atoms with Gasteiger partial charge < -0.3 is 10.6 Å². The zero-order valence-corrected chi connectivity index (χ0v) is 11.3. The summed E-state index contributed by atoms with van der Waals surface area (Å²) in [4.78, 5) is 14.6. The number of carbonyl (C=O) groups excluding carboxylic acids is 1. The first-order valence-corrected chi connectivity index (χ1v) is 7.81. The van der Waals surface area contributed by atoms with Crippen molar-refractivity contribution in [2.24, 2.45) is 17.6 Å². The molecule has 102 valence electrons. The zero-order valence-electron chi connectivity index (χ0n) is 11.3. The Balaban J connectivity index is 1.57. The second-order valence-corrected chi connectivity index (χ2v) is 6.55. The zero-order chi connectivity index (χ0) is 12.5. The highest BCUT2D eigenvalue weighted by molar-refractivity contribution is 5.77. The monoisotopic (exact) mass is 250 g/mol. The molecule has 3 nitrogen and oxygen atoms in total. The van der Waals surface area contributed by atoms with E-state index in [1.165, 1.54) is 51.4 Å². The predicted octanol–water partition coefficient (Wildman–Crippen LogP) is 2.29. The van der Waals surface area contributed by atoms with E-state index in [4.69, 9.17) is 5.73 Å². The van der Waals surface area contributed by atoms with Gasteiger partial charge in [-0.15, -0.1) is 0 Å². The van der Waals surface area contributed by atoms with Crippen LogP contribution in [0.2, 0.25) is 0 Å². The van der Waals surface area contributed by atoms with Crippen molar-refractivity contribution in [1.82, 2.24) is 4.90 Å². The van der Waals surface area contributed by atoms with Crippen molar-refractivity contribution < 1.29 is 4.79 Å². The molecule has 0 spiro atoms. The highest BCUT2D eigenvalue weighted by atomic mass is 16.2. The van der Waals surface area contributed by atoms with Crippen molar-refractivity contribution in [3.63, 3.8) is 0 Å². The summed E-state index contributed by atoms with van der Waals surface area (Å²) in [6.07, 6.45) is 10.9. The number of hydrogen-bond acceptors (Lipinski definition) is 2. The van der Waals surface area contributed by atoms with Gasteiger partial charge in [-0.25, -0.2) is 0 Å². The summed E-state index contributed by atoms with van der Waals surface area (Å²) in [7, 11) is 0. The molecule has 3 heteroatoms. The summed E-state index contributed by atoms with van der Waals surface area (Å²) in [5.74, 6) is 1.76. The Kier molecular flexibility index (Phi) is 3.60. The number of hydrogen-bond donors (Lipinski definition) is 1. The van der Waals surface area contributed by atoms with E-state index in [2.05, 4.69) is 4.90 Å². The molecule has 2 saturated carbocycles. The fourth-order valence-electron chi connectivity index (χ4n) is 3.94. The van der Waals surface area contributed by atoms with Crippen molar-refractivity contribution in [3.8, 4) is 0 Å².